The molecule has 1 aromatic rings. The fraction of sp³-hybridized carbons (Fsp3) is 0.429. The number of amides is 2. The van der Waals surface area contributed by atoms with Crippen LogP contribution in [0.25, 0.3) is 0 Å². The molecule has 1 fully saturated rings. The first-order valence-electron chi connectivity index (χ1n) is 6.65. The van der Waals surface area contributed by atoms with Crippen LogP contribution < -0.4 is 16.0 Å². The van der Waals surface area contributed by atoms with E-state index in [-0.39, 0.29) is 30.1 Å². The summed E-state index contributed by atoms with van der Waals surface area (Å²) in [4.78, 5) is 23.4. The summed E-state index contributed by atoms with van der Waals surface area (Å²) in [5, 5.41) is 8.12. The molecule has 0 aromatic heterocycles. The number of hydrogen-bond acceptors (Lipinski definition) is 3. The second-order valence-electron chi connectivity index (χ2n) is 4.76. The lowest BCUT2D eigenvalue weighted by atomic mass is 10.1. The van der Waals surface area contributed by atoms with Gasteiger partial charge >= 0.3 is 0 Å². The van der Waals surface area contributed by atoms with Crippen molar-refractivity contribution >= 4 is 17.5 Å². The Kier molecular flexibility index (Phi) is 4.55. The number of para-hydroxylation sites is 1. The van der Waals surface area contributed by atoms with E-state index in [1.807, 2.05) is 0 Å². The Balaban J connectivity index is 1.85. The van der Waals surface area contributed by atoms with Crippen molar-refractivity contribution < 1.29 is 14.0 Å². The van der Waals surface area contributed by atoms with Gasteiger partial charge in [0.1, 0.15) is 5.82 Å². The van der Waals surface area contributed by atoms with E-state index in [9.17, 15) is 14.0 Å². The minimum atomic E-state index is -0.480. The monoisotopic (exact) mass is 279 g/mol. The molecule has 1 saturated carbocycles. The fourth-order valence-electron chi connectivity index (χ4n) is 1.88. The highest BCUT2D eigenvalue weighted by Crippen LogP contribution is 2.19. The molecule has 0 bridgehead atoms. The Morgan fingerprint density at radius 2 is 2.10 bits per heavy atom. The van der Waals surface area contributed by atoms with E-state index in [2.05, 4.69) is 16.0 Å². The molecule has 20 heavy (non-hydrogen) atoms. The number of carbonyl (C=O) groups is 2. The van der Waals surface area contributed by atoms with Gasteiger partial charge in [-0.25, -0.2) is 4.39 Å². The zero-order valence-corrected chi connectivity index (χ0v) is 11.3. The zero-order valence-electron chi connectivity index (χ0n) is 11.3. The van der Waals surface area contributed by atoms with Gasteiger partial charge in [-0.3, -0.25) is 9.59 Å². The van der Waals surface area contributed by atoms with Gasteiger partial charge in [0.25, 0.3) is 5.91 Å². The first-order valence-corrected chi connectivity index (χ1v) is 6.65. The molecule has 0 radical (unpaired) electrons. The minimum Gasteiger partial charge on any atom is -0.385 e. The van der Waals surface area contributed by atoms with Crippen LogP contribution in [0.3, 0.4) is 0 Å². The summed E-state index contributed by atoms with van der Waals surface area (Å²) in [5.41, 5.74) is 0.391. The van der Waals surface area contributed by atoms with E-state index >= 15 is 0 Å². The fourth-order valence-corrected chi connectivity index (χ4v) is 1.88. The average molecular weight is 279 g/mol. The van der Waals surface area contributed by atoms with E-state index in [4.69, 9.17) is 0 Å². The summed E-state index contributed by atoms with van der Waals surface area (Å²) in [6, 6.07) is 4.61. The quantitative estimate of drug-likeness (QED) is 0.734. The summed E-state index contributed by atoms with van der Waals surface area (Å²) < 4.78 is 13.5. The standard InChI is InChI=1S/C14H18FN3O2/c1-16-13-10(3-2-4-11(13)15)14(20)17-8-7-12(19)18-9-5-6-9/h2-4,9,16H,5-8H2,1H3,(H,17,20)(H,18,19). The molecule has 6 heteroatoms. The van der Waals surface area contributed by atoms with Crippen LogP contribution in [0.5, 0.6) is 0 Å². The van der Waals surface area contributed by atoms with E-state index in [0.717, 1.165) is 12.8 Å². The molecule has 5 nitrogen and oxygen atoms in total. The van der Waals surface area contributed by atoms with Crippen LogP contribution in [0, 0.1) is 5.82 Å². The molecule has 0 saturated heterocycles. The summed E-state index contributed by atoms with van der Waals surface area (Å²) >= 11 is 0. The van der Waals surface area contributed by atoms with Crippen molar-refractivity contribution in [1.29, 1.82) is 0 Å². The first kappa shape index (κ1) is 14.3. The van der Waals surface area contributed by atoms with Crippen LogP contribution in [0.15, 0.2) is 18.2 Å². The van der Waals surface area contributed by atoms with Gasteiger partial charge in [-0.15, -0.1) is 0 Å². The molecule has 2 rings (SSSR count). The molecule has 2 amide bonds. The molecule has 0 aliphatic heterocycles. The zero-order chi connectivity index (χ0) is 14.5. The minimum absolute atomic E-state index is 0.0686. The van der Waals surface area contributed by atoms with Gasteiger partial charge < -0.3 is 16.0 Å². The van der Waals surface area contributed by atoms with E-state index in [0.29, 0.717) is 6.04 Å². The maximum atomic E-state index is 13.5. The highest BCUT2D eigenvalue weighted by molar-refractivity contribution is 5.99. The molecule has 1 aliphatic rings. The van der Waals surface area contributed by atoms with Gasteiger partial charge in [0.2, 0.25) is 5.91 Å². The van der Waals surface area contributed by atoms with Crippen LogP contribution >= 0.6 is 0 Å². The maximum absolute atomic E-state index is 13.5. The Morgan fingerprint density at radius 3 is 2.75 bits per heavy atom. The largest absolute Gasteiger partial charge is 0.385 e. The summed E-state index contributed by atoms with van der Waals surface area (Å²) in [6.45, 7) is 0.233. The number of hydrogen-bond donors (Lipinski definition) is 3. The molecule has 108 valence electrons. The smallest absolute Gasteiger partial charge is 0.253 e. The Labute approximate surface area is 116 Å². The highest BCUT2D eigenvalue weighted by atomic mass is 19.1. The topological polar surface area (TPSA) is 70.2 Å². The molecular formula is C14H18FN3O2. The maximum Gasteiger partial charge on any atom is 0.253 e. The summed E-state index contributed by atoms with van der Waals surface area (Å²) in [5.74, 6) is -0.944. The number of rotatable bonds is 6. The van der Waals surface area contributed by atoms with Crippen molar-refractivity contribution in [2.75, 3.05) is 18.9 Å². The van der Waals surface area contributed by atoms with Crippen molar-refractivity contribution in [2.24, 2.45) is 0 Å². The van der Waals surface area contributed by atoms with Gasteiger partial charge in [0.15, 0.2) is 0 Å². The number of nitrogens with one attached hydrogen (secondary N) is 3. The lowest BCUT2D eigenvalue weighted by Gasteiger charge is -2.10. The molecule has 0 heterocycles. The van der Waals surface area contributed by atoms with E-state index in [1.54, 1.807) is 7.05 Å². The third-order valence-electron chi connectivity index (χ3n) is 3.09. The third kappa shape index (κ3) is 3.69. The lowest BCUT2D eigenvalue weighted by Crippen LogP contribution is -2.32. The second kappa shape index (κ2) is 6.36. The molecule has 3 N–H and O–H groups in total. The van der Waals surface area contributed by atoms with Crippen molar-refractivity contribution in [2.45, 2.75) is 25.3 Å². The third-order valence-corrected chi connectivity index (χ3v) is 3.09. The van der Waals surface area contributed by atoms with E-state index < -0.39 is 11.7 Å². The first-order chi connectivity index (χ1) is 9.61. The van der Waals surface area contributed by atoms with Gasteiger partial charge in [-0.2, -0.15) is 0 Å². The Morgan fingerprint density at radius 1 is 1.35 bits per heavy atom. The second-order valence-corrected chi connectivity index (χ2v) is 4.76. The Hall–Kier alpha value is -2.11. The lowest BCUT2D eigenvalue weighted by molar-refractivity contribution is -0.121. The average Bonchev–Trinajstić information content (AvgIpc) is 3.22. The van der Waals surface area contributed by atoms with Crippen LogP contribution in [0.2, 0.25) is 0 Å². The number of halogens is 1. The number of anilines is 1. The van der Waals surface area contributed by atoms with Crippen molar-refractivity contribution in [3.05, 3.63) is 29.6 Å². The van der Waals surface area contributed by atoms with Crippen molar-refractivity contribution in [3.8, 4) is 0 Å². The van der Waals surface area contributed by atoms with Crippen molar-refractivity contribution in [3.63, 3.8) is 0 Å². The van der Waals surface area contributed by atoms with Gasteiger partial charge in [0, 0.05) is 26.1 Å². The molecule has 1 aliphatic carbocycles. The predicted molar refractivity (Wildman–Crippen MR) is 74.1 cm³/mol. The molecular weight excluding hydrogens is 261 g/mol. The van der Waals surface area contributed by atoms with Crippen LogP contribution in [0.4, 0.5) is 10.1 Å². The molecule has 0 unspecified atom stereocenters. The van der Waals surface area contributed by atoms with Crippen LogP contribution in [-0.4, -0.2) is 31.4 Å². The normalized spacial score (nSPS) is 13.7. The van der Waals surface area contributed by atoms with Gasteiger partial charge in [-0.1, -0.05) is 6.07 Å². The van der Waals surface area contributed by atoms with Gasteiger partial charge in [-0.05, 0) is 25.0 Å². The SMILES string of the molecule is CNc1c(F)cccc1C(=O)NCCC(=O)NC1CC1. The number of carbonyl (C=O) groups excluding carboxylic acids is 2. The molecule has 1 aromatic carbocycles. The molecule has 0 spiro atoms. The van der Waals surface area contributed by atoms with E-state index in [1.165, 1.54) is 18.2 Å². The van der Waals surface area contributed by atoms with Gasteiger partial charge in [0.05, 0.1) is 11.3 Å². The van der Waals surface area contributed by atoms with Crippen LogP contribution in [0.1, 0.15) is 29.6 Å². The predicted octanol–water partition coefficient (Wildman–Crippen LogP) is 1.27. The van der Waals surface area contributed by atoms with Crippen LogP contribution in [-0.2, 0) is 4.79 Å². The Bertz CT molecular complexity index is 515. The molecule has 0 atom stereocenters. The summed E-state index contributed by atoms with van der Waals surface area (Å²) in [6.07, 6.45) is 2.30. The highest BCUT2D eigenvalue weighted by Gasteiger charge is 2.23. The number of benzene rings is 1. The van der Waals surface area contributed by atoms with Crippen molar-refractivity contribution in [1.82, 2.24) is 10.6 Å². The summed E-state index contributed by atoms with van der Waals surface area (Å²) in [7, 11) is 1.55.